The molecular formula is C13H18ClNOS. The molecule has 0 aliphatic carbocycles. The number of thioether (sulfide) groups is 1. The average molecular weight is 272 g/mol. The van der Waals surface area contributed by atoms with Crippen LogP contribution in [0.15, 0.2) is 23.1 Å². The van der Waals surface area contributed by atoms with Crippen LogP contribution in [0.25, 0.3) is 0 Å². The van der Waals surface area contributed by atoms with E-state index in [-0.39, 0.29) is 0 Å². The Morgan fingerprint density at radius 1 is 1.53 bits per heavy atom. The molecule has 1 atom stereocenters. The lowest BCUT2D eigenvalue weighted by Crippen LogP contribution is -2.10. The van der Waals surface area contributed by atoms with Crippen molar-refractivity contribution < 1.29 is 4.74 Å². The van der Waals surface area contributed by atoms with Gasteiger partial charge in [-0.3, -0.25) is 0 Å². The van der Waals surface area contributed by atoms with Crippen LogP contribution < -0.4 is 5.32 Å². The minimum absolute atomic E-state index is 0.402. The summed E-state index contributed by atoms with van der Waals surface area (Å²) in [5, 5.41) is 4.02. The van der Waals surface area contributed by atoms with E-state index in [2.05, 4.69) is 11.4 Å². The minimum Gasteiger partial charge on any atom is -0.377 e. The summed E-state index contributed by atoms with van der Waals surface area (Å²) < 4.78 is 5.63. The standard InChI is InChI=1S/C13H18ClNOS/c1-15-8-10-4-2-6-12(14)13(10)17-9-11-5-3-7-16-11/h2,4,6,11,15H,3,5,7-9H2,1H3. The van der Waals surface area contributed by atoms with Gasteiger partial charge in [-0.25, -0.2) is 0 Å². The predicted molar refractivity (Wildman–Crippen MR) is 73.9 cm³/mol. The molecule has 1 heterocycles. The third-order valence-electron chi connectivity index (χ3n) is 2.85. The summed E-state index contributed by atoms with van der Waals surface area (Å²) in [6, 6.07) is 6.09. The van der Waals surface area contributed by atoms with Crippen molar-refractivity contribution in [2.24, 2.45) is 0 Å². The Labute approximate surface area is 112 Å². The van der Waals surface area contributed by atoms with Crippen LogP contribution >= 0.6 is 23.4 Å². The summed E-state index contributed by atoms with van der Waals surface area (Å²) in [4.78, 5) is 1.19. The molecule has 2 rings (SSSR count). The zero-order valence-electron chi connectivity index (χ0n) is 10.0. The lowest BCUT2D eigenvalue weighted by molar-refractivity contribution is 0.129. The SMILES string of the molecule is CNCc1cccc(Cl)c1SCC1CCCO1. The van der Waals surface area contributed by atoms with E-state index in [1.165, 1.54) is 23.3 Å². The summed E-state index contributed by atoms with van der Waals surface area (Å²) in [5.74, 6) is 1.00. The second kappa shape index (κ2) is 6.64. The molecule has 1 aliphatic rings. The molecule has 17 heavy (non-hydrogen) atoms. The topological polar surface area (TPSA) is 21.3 Å². The molecule has 0 radical (unpaired) electrons. The first-order chi connectivity index (χ1) is 8.31. The maximum Gasteiger partial charge on any atom is 0.0669 e. The molecule has 4 heteroatoms. The quantitative estimate of drug-likeness (QED) is 0.830. The zero-order valence-corrected chi connectivity index (χ0v) is 11.6. The van der Waals surface area contributed by atoms with Crippen molar-refractivity contribution in [3.8, 4) is 0 Å². The van der Waals surface area contributed by atoms with Crippen molar-refractivity contribution in [1.82, 2.24) is 5.32 Å². The second-order valence-corrected chi connectivity index (χ2v) is 5.64. The molecule has 0 saturated carbocycles. The fraction of sp³-hybridized carbons (Fsp3) is 0.538. The molecule has 1 aromatic rings. The number of hydrogen-bond donors (Lipinski definition) is 1. The third kappa shape index (κ3) is 3.62. The molecule has 0 amide bonds. The maximum atomic E-state index is 6.26. The Morgan fingerprint density at radius 2 is 2.41 bits per heavy atom. The number of halogens is 1. The highest BCUT2D eigenvalue weighted by molar-refractivity contribution is 7.99. The fourth-order valence-corrected chi connectivity index (χ4v) is 3.50. The van der Waals surface area contributed by atoms with Crippen LogP contribution in [0.2, 0.25) is 5.02 Å². The van der Waals surface area contributed by atoms with Crippen molar-refractivity contribution in [3.05, 3.63) is 28.8 Å². The highest BCUT2D eigenvalue weighted by atomic mass is 35.5. The molecular weight excluding hydrogens is 254 g/mol. The van der Waals surface area contributed by atoms with Gasteiger partial charge in [0.1, 0.15) is 0 Å². The van der Waals surface area contributed by atoms with Gasteiger partial charge in [0.25, 0.3) is 0 Å². The highest BCUT2D eigenvalue weighted by Gasteiger charge is 2.17. The normalized spacial score (nSPS) is 19.8. The van der Waals surface area contributed by atoms with E-state index in [1.807, 2.05) is 30.9 Å². The summed E-state index contributed by atoms with van der Waals surface area (Å²) in [7, 11) is 1.95. The van der Waals surface area contributed by atoms with E-state index >= 15 is 0 Å². The molecule has 1 fully saturated rings. The smallest absolute Gasteiger partial charge is 0.0669 e. The molecule has 0 spiro atoms. The Balaban J connectivity index is 2.02. The number of ether oxygens (including phenoxy) is 1. The average Bonchev–Trinajstić information content (AvgIpc) is 2.82. The summed E-state index contributed by atoms with van der Waals surface area (Å²) >= 11 is 8.08. The van der Waals surface area contributed by atoms with E-state index in [4.69, 9.17) is 16.3 Å². The maximum absolute atomic E-state index is 6.26. The van der Waals surface area contributed by atoms with Gasteiger partial charge in [0.15, 0.2) is 0 Å². The van der Waals surface area contributed by atoms with Crippen molar-refractivity contribution in [3.63, 3.8) is 0 Å². The van der Waals surface area contributed by atoms with E-state index in [0.29, 0.717) is 6.10 Å². The Hall–Kier alpha value is -0.220. The van der Waals surface area contributed by atoms with Crippen molar-refractivity contribution in [2.45, 2.75) is 30.4 Å². The molecule has 94 valence electrons. The molecule has 2 nitrogen and oxygen atoms in total. The lowest BCUT2D eigenvalue weighted by Gasteiger charge is -2.13. The first kappa shape index (κ1) is 13.2. The Morgan fingerprint density at radius 3 is 3.12 bits per heavy atom. The molecule has 0 aromatic heterocycles. The van der Waals surface area contributed by atoms with Gasteiger partial charge >= 0.3 is 0 Å². The van der Waals surface area contributed by atoms with Crippen LogP contribution in [-0.4, -0.2) is 25.5 Å². The highest BCUT2D eigenvalue weighted by Crippen LogP contribution is 2.32. The Kier molecular flexibility index (Phi) is 5.16. The van der Waals surface area contributed by atoms with Gasteiger partial charge in [-0.05, 0) is 31.5 Å². The van der Waals surface area contributed by atoms with Crippen LogP contribution in [-0.2, 0) is 11.3 Å². The van der Waals surface area contributed by atoms with Crippen LogP contribution in [0.1, 0.15) is 18.4 Å². The summed E-state index contributed by atoms with van der Waals surface area (Å²) in [6.07, 6.45) is 2.77. The van der Waals surface area contributed by atoms with Crippen LogP contribution in [0.4, 0.5) is 0 Å². The minimum atomic E-state index is 0.402. The van der Waals surface area contributed by atoms with E-state index < -0.39 is 0 Å². The molecule has 1 unspecified atom stereocenters. The fourth-order valence-electron chi connectivity index (χ4n) is 2.00. The molecule has 1 saturated heterocycles. The van der Waals surface area contributed by atoms with Crippen LogP contribution in [0.5, 0.6) is 0 Å². The van der Waals surface area contributed by atoms with Gasteiger partial charge in [0.2, 0.25) is 0 Å². The van der Waals surface area contributed by atoms with Crippen LogP contribution in [0.3, 0.4) is 0 Å². The van der Waals surface area contributed by atoms with Crippen LogP contribution in [0, 0.1) is 0 Å². The first-order valence-electron chi connectivity index (χ1n) is 5.97. The molecule has 0 bridgehead atoms. The van der Waals surface area contributed by atoms with Crippen molar-refractivity contribution in [1.29, 1.82) is 0 Å². The largest absolute Gasteiger partial charge is 0.377 e. The first-order valence-corrected chi connectivity index (χ1v) is 7.34. The van der Waals surface area contributed by atoms with Gasteiger partial charge in [-0.1, -0.05) is 23.7 Å². The molecule has 1 N–H and O–H groups in total. The summed E-state index contributed by atoms with van der Waals surface area (Å²) in [5.41, 5.74) is 1.27. The van der Waals surface area contributed by atoms with E-state index in [1.54, 1.807) is 0 Å². The third-order valence-corrected chi connectivity index (χ3v) is 4.59. The number of nitrogens with one attached hydrogen (secondary N) is 1. The summed E-state index contributed by atoms with van der Waals surface area (Å²) in [6.45, 7) is 1.77. The number of rotatable bonds is 5. The molecule has 1 aromatic carbocycles. The predicted octanol–water partition coefficient (Wildman–Crippen LogP) is 3.33. The zero-order chi connectivity index (χ0) is 12.1. The van der Waals surface area contributed by atoms with Gasteiger partial charge in [-0.15, -0.1) is 11.8 Å². The van der Waals surface area contributed by atoms with Gasteiger partial charge in [0, 0.05) is 23.8 Å². The second-order valence-electron chi connectivity index (χ2n) is 4.20. The monoisotopic (exact) mass is 271 g/mol. The van der Waals surface area contributed by atoms with Gasteiger partial charge in [0.05, 0.1) is 11.1 Å². The van der Waals surface area contributed by atoms with E-state index in [9.17, 15) is 0 Å². The van der Waals surface area contributed by atoms with Gasteiger partial charge in [-0.2, -0.15) is 0 Å². The number of hydrogen-bond acceptors (Lipinski definition) is 3. The molecule has 1 aliphatic heterocycles. The van der Waals surface area contributed by atoms with Crippen molar-refractivity contribution >= 4 is 23.4 Å². The lowest BCUT2D eigenvalue weighted by atomic mass is 10.2. The van der Waals surface area contributed by atoms with Crippen molar-refractivity contribution in [2.75, 3.05) is 19.4 Å². The van der Waals surface area contributed by atoms with E-state index in [0.717, 1.165) is 23.9 Å². The Bertz CT molecular complexity index is 366. The number of benzene rings is 1. The van der Waals surface area contributed by atoms with Gasteiger partial charge < -0.3 is 10.1 Å².